The summed E-state index contributed by atoms with van der Waals surface area (Å²) in [5.41, 5.74) is 0.360. The molecule has 2 aromatic carbocycles. The van der Waals surface area contributed by atoms with Crippen LogP contribution in [0, 0.1) is 0 Å². The Kier molecular flexibility index (Phi) is 5.41. The highest BCUT2D eigenvalue weighted by molar-refractivity contribution is 9.10. The first-order valence-corrected chi connectivity index (χ1v) is 8.35. The minimum atomic E-state index is -4.61. The normalized spacial score (nSPS) is 11.2. The lowest BCUT2D eigenvalue weighted by Crippen LogP contribution is -2.12. The molecule has 4 nitrogen and oxygen atoms in total. The molecule has 0 aliphatic rings. The molecule has 0 atom stereocenters. The van der Waals surface area contributed by atoms with E-state index in [1.54, 1.807) is 48.5 Å². The molecule has 0 unspecified atom stereocenters. The topological polar surface area (TPSA) is 47.0 Å². The zero-order valence-electron chi connectivity index (χ0n) is 13.3. The summed E-state index contributed by atoms with van der Waals surface area (Å²) >= 11 is 3.31. The van der Waals surface area contributed by atoms with E-state index in [1.807, 2.05) is 6.07 Å². The van der Waals surface area contributed by atoms with Crippen molar-refractivity contribution in [2.24, 2.45) is 0 Å². The minimum Gasteiger partial charge on any atom is -0.472 e. The third kappa shape index (κ3) is 4.72. The summed E-state index contributed by atoms with van der Waals surface area (Å²) in [5, 5.41) is 2.86. The van der Waals surface area contributed by atoms with Crippen LogP contribution in [0.3, 0.4) is 0 Å². The van der Waals surface area contributed by atoms with Crippen LogP contribution in [0.25, 0.3) is 0 Å². The van der Waals surface area contributed by atoms with E-state index in [9.17, 15) is 13.2 Å². The quantitative estimate of drug-likeness (QED) is 0.581. The van der Waals surface area contributed by atoms with Gasteiger partial charge in [0.1, 0.15) is 12.2 Å². The van der Waals surface area contributed by atoms with E-state index in [0.717, 1.165) is 10.0 Å². The van der Waals surface area contributed by atoms with E-state index in [-0.39, 0.29) is 12.6 Å². The Morgan fingerprint density at radius 3 is 2.35 bits per heavy atom. The molecule has 3 rings (SSSR count). The second-order valence-electron chi connectivity index (χ2n) is 5.32. The van der Waals surface area contributed by atoms with Gasteiger partial charge in [-0.3, -0.25) is 0 Å². The fraction of sp³-hybridized carbons (Fsp3) is 0.111. The van der Waals surface area contributed by atoms with Crippen LogP contribution in [-0.4, -0.2) is 9.97 Å². The van der Waals surface area contributed by atoms with Gasteiger partial charge in [-0.2, -0.15) is 18.2 Å². The molecule has 8 heteroatoms. The van der Waals surface area contributed by atoms with Gasteiger partial charge in [-0.25, -0.2) is 4.98 Å². The van der Waals surface area contributed by atoms with Crippen LogP contribution in [0.2, 0.25) is 0 Å². The molecule has 0 fully saturated rings. The maximum atomic E-state index is 13.2. The molecule has 0 saturated heterocycles. The summed E-state index contributed by atoms with van der Waals surface area (Å²) in [6.07, 6.45) is -3.89. The SMILES string of the molecule is FC(F)(F)c1cnc(Nc2ccc(Br)cc2)nc1OCc1ccccc1. The lowest BCUT2D eigenvalue weighted by molar-refractivity contribution is -0.139. The van der Waals surface area contributed by atoms with Crippen molar-refractivity contribution in [2.75, 3.05) is 5.32 Å². The highest BCUT2D eigenvalue weighted by atomic mass is 79.9. The van der Waals surface area contributed by atoms with Crippen LogP contribution < -0.4 is 10.1 Å². The van der Waals surface area contributed by atoms with Gasteiger partial charge in [0.05, 0.1) is 0 Å². The van der Waals surface area contributed by atoms with Crippen LogP contribution in [0.5, 0.6) is 5.88 Å². The third-order valence-corrected chi connectivity index (χ3v) is 3.91. The standard InChI is InChI=1S/C18H13BrF3N3O/c19-13-6-8-14(9-7-13)24-17-23-10-15(18(20,21)22)16(25-17)26-11-12-4-2-1-3-5-12/h1-10H,11H2,(H,23,24,25). The number of aromatic nitrogens is 2. The third-order valence-electron chi connectivity index (χ3n) is 3.38. The molecule has 0 radical (unpaired) electrons. The minimum absolute atomic E-state index is 0.0170. The van der Waals surface area contributed by atoms with Crippen molar-refractivity contribution in [1.82, 2.24) is 9.97 Å². The molecule has 1 heterocycles. The average molecular weight is 424 g/mol. The van der Waals surface area contributed by atoms with E-state index >= 15 is 0 Å². The number of halogens is 4. The fourth-order valence-electron chi connectivity index (χ4n) is 2.12. The molecule has 0 spiro atoms. The van der Waals surface area contributed by atoms with E-state index < -0.39 is 17.6 Å². The van der Waals surface area contributed by atoms with Gasteiger partial charge in [-0.15, -0.1) is 0 Å². The van der Waals surface area contributed by atoms with Crippen molar-refractivity contribution < 1.29 is 17.9 Å². The van der Waals surface area contributed by atoms with Crippen molar-refractivity contribution >= 4 is 27.6 Å². The van der Waals surface area contributed by atoms with Crippen molar-refractivity contribution in [3.8, 4) is 5.88 Å². The zero-order chi connectivity index (χ0) is 18.6. The highest BCUT2D eigenvalue weighted by Crippen LogP contribution is 2.35. The van der Waals surface area contributed by atoms with Crippen LogP contribution >= 0.6 is 15.9 Å². The van der Waals surface area contributed by atoms with Gasteiger partial charge in [0.15, 0.2) is 0 Å². The van der Waals surface area contributed by atoms with Crippen LogP contribution in [0.15, 0.2) is 65.3 Å². The van der Waals surface area contributed by atoms with Gasteiger partial charge < -0.3 is 10.1 Å². The first-order chi connectivity index (χ1) is 12.4. The van der Waals surface area contributed by atoms with Gasteiger partial charge in [0, 0.05) is 16.4 Å². The Labute approximate surface area is 156 Å². The molecule has 0 aliphatic heterocycles. The monoisotopic (exact) mass is 423 g/mol. The lowest BCUT2D eigenvalue weighted by atomic mass is 10.2. The largest absolute Gasteiger partial charge is 0.472 e. The number of anilines is 2. The molecule has 0 aliphatic carbocycles. The smallest absolute Gasteiger partial charge is 0.423 e. The van der Waals surface area contributed by atoms with Gasteiger partial charge in [0.25, 0.3) is 0 Å². The summed E-state index contributed by atoms with van der Waals surface area (Å²) in [6, 6.07) is 16.0. The van der Waals surface area contributed by atoms with Gasteiger partial charge in [-0.05, 0) is 29.8 Å². The Balaban J connectivity index is 1.84. The average Bonchev–Trinajstić information content (AvgIpc) is 2.62. The molecule has 0 bridgehead atoms. The van der Waals surface area contributed by atoms with E-state index in [0.29, 0.717) is 11.9 Å². The van der Waals surface area contributed by atoms with Gasteiger partial charge in [-0.1, -0.05) is 46.3 Å². The molecule has 3 aromatic rings. The Hall–Kier alpha value is -2.61. The van der Waals surface area contributed by atoms with E-state index in [4.69, 9.17) is 4.74 Å². The highest BCUT2D eigenvalue weighted by Gasteiger charge is 2.36. The van der Waals surface area contributed by atoms with Crippen molar-refractivity contribution in [3.05, 3.63) is 76.4 Å². The van der Waals surface area contributed by atoms with Gasteiger partial charge in [0.2, 0.25) is 11.8 Å². The predicted molar refractivity (Wildman–Crippen MR) is 95.2 cm³/mol. The van der Waals surface area contributed by atoms with Crippen molar-refractivity contribution in [2.45, 2.75) is 12.8 Å². The summed E-state index contributed by atoms with van der Waals surface area (Å²) < 4.78 is 45.8. The number of nitrogens with zero attached hydrogens (tertiary/aromatic N) is 2. The van der Waals surface area contributed by atoms with Crippen molar-refractivity contribution in [3.63, 3.8) is 0 Å². The molecule has 134 valence electrons. The molecular formula is C18H13BrF3N3O. The number of ether oxygens (including phenoxy) is 1. The molecule has 26 heavy (non-hydrogen) atoms. The first-order valence-electron chi connectivity index (χ1n) is 7.55. The number of rotatable bonds is 5. The van der Waals surface area contributed by atoms with Crippen LogP contribution in [0.4, 0.5) is 24.8 Å². The van der Waals surface area contributed by atoms with E-state index in [2.05, 4.69) is 31.2 Å². The number of hydrogen-bond donors (Lipinski definition) is 1. The predicted octanol–water partition coefficient (Wildman–Crippen LogP) is 5.58. The number of nitrogens with one attached hydrogen (secondary N) is 1. The maximum Gasteiger partial charge on any atom is 0.423 e. The molecule has 0 amide bonds. The second kappa shape index (κ2) is 7.74. The first kappa shape index (κ1) is 18.2. The summed E-state index contributed by atoms with van der Waals surface area (Å²) in [6.45, 7) is -0.0291. The lowest BCUT2D eigenvalue weighted by Gasteiger charge is -2.14. The van der Waals surface area contributed by atoms with E-state index in [1.165, 1.54) is 0 Å². The van der Waals surface area contributed by atoms with Crippen LogP contribution in [-0.2, 0) is 12.8 Å². The Bertz CT molecular complexity index is 871. The van der Waals surface area contributed by atoms with Gasteiger partial charge >= 0.3 is 6.18 Å². The zero-order valence-corrected chi connectivity index (χ0v) is 14.9. The second-order valence-corrected chi connectivity index (χ2v) is 6.23. The fourth-order valence-corrected chi connectivity index (χ4v) is 2.38. The summed E-state index contributed by atoms with van der Waals surface area (Å²) in [7, 11) is 0. The summed E-state index contributed by atoms with van der Waals surface area (Å²) in [5.74, 6) is -0.501. The Morgan fingerprint density at radius 1 is 1.00 bits per heavy atom. The number of benzene rings is 2. The molecule has 1 aromatic heterocycles. The maximum absolute atomic E-state index is 13.2. The van der Waals surface area contributed by atoms with Crippen LogP contribution in [0.1, 0.15) is 11.1 Å². The Morgan fingerprint density at radius 2 is 1.69 bits per heavy atom. The number of alkyl halides is 3. The molecule has 0 saturated carbocycles. The molecule has 1 N–H and O–H groups in total. The summed E-state index contributed by atoms with van der Waals surface area (Å²) in [4.78, 5) is 7.64. The van der Waals surface area contributed by atoms with Crippen molar-refractivity contribution in [1.29, 1.82) is 0 Å². The molecular weight excluding hydrogens is 411 g/mol. The number of hydrogen-bond acceptors (Lipinski definition) is 4.